The Balaban J connectivity index is 1.78. The molecule has 1 aromatic carbocycles. The van der Waals surface area contributed by atoms with Crippen LogP contribution in [0.3, 0.4) is 0 Å². The Labute approximate surface area is 197 Å². The van der Waals surface area contributed by atoms with Gasteiger partial charge in [-0.15, -0.1) is 4.70 Å². The van der Waals surface area contributed by atoms with Gasteiger partial charge in [0.25, 0.3) is 0 Å². The topological polar surface area (TPSA) is 141 Å². The lowest BCUT2D eigenvalue weighted by atomic mass is 9.79. The van der Waals surface area contributed by atoms with Crippen molar-refractivity contribution in [2.75, 3.05) is 19.7 Å². The fourth-order valence-electron chi connectivity index (χ4n) is 4.49. The molecule has 0 aliphatic carbocycles. The van der Waals surface area contributed by atoms with Crippen LogP contribution >= 0.6 is 0 Å². The van der Waals surface area contributed by atoms with Gasteiger partial charge >= 0.3 is 0 Å². The Morgan fingerprint density at radius 2 is 2.21 bits per heavy atom. The van der Waals surface area contributed by atoms with Gasteiger partial charge in [0, 0.05) is 23.5 Å². The summed E-state index contributed by atoms with van der Waals surface area (Å²) in [7, 11) is 0. The van der Waals surface area contributed by atoms with Crippen molar-refractivity contribution in [3.63, 3.8) is 0 Å². The molecule has 10 heteroatoms. The number of aliphatic hydroxyl groups is 1. The number of benzene rings is 1. The molecule has 0 saturated heterocycles. The molecule has 1 aromatic rings. The SMILES string of the molecule is CCCC[N+]1=NC(C#N)C2C(C)=C(CC(=O)N[C@@H](CO)c3ccc(C#N)cc3F)C(=O)NC2C1. The predicted octanol–water partition coefficient (Wildman–Crippen LogP) is 1.84. The Kier molecular flexibility index (Phi) is 8.08. The smallest absolute Gasteiger partial charge is 0.248 e. The lowest BCUT2D eigenvalue weighted by molar-refractivity contribution is -0.607. The number of hydrogen-bond donors (Lipinski definition) is 3. The van der Waals surface area contributed by atoms with E-state index in [1.54, 1.807) is 6.92 Å². The third-order valence-electron chi connectivity index (χ3n) is 6.30. The Morgan fingerprint density at radius 1 is 1.44 bits per heavy atom. The molecule has 0 fully saturated rings. The molecule has 0 bridgehead atoms. The van der Waals surface area contributed by atoms with Crippen molar-refractivity contribution in [3.8, 4) is 12.1 Å². The van der Waals surface area contributed by atoms with E-state index in [9.17, 15) is 24.3 Å². The summed E-state index contributed by atoms with van der Waals surface area (Å²) in [4.78, 5) is 25.6. The number of amides is 2. The van der Waals surface area contributed by atoms with E-state index in [4.69, 9.17) is 5.26 Å². The van der Waals surface area contributed by atoms with E-state index < -0.39 is 30.4 Å². The van der Waals surface area contributed by atoms with Crippen LogP contribution in [0.15, 0.2) is 34.5 Å². The predicted molar refractivity (Wildman–Crippen MR) is 119 cm³/mol. The third kappa shape index (κ3) is 5.29. The van der Waals surface area contributed by atoms with E-state index in [1.165, 1.54) is 12.1 Å². The molecular formula is C24H28FN6O3+. The van der Waals surface area contributed by atoms with Crippen molar-refractivity contribution < 1.29 is 23.8 Å². The highest BCUT2D eigenvalue weighted by molar-refractivity contribution is 6.00. The van der Waals surface area contributed by atoms with Crippen molar-refractivity contribution in [3.05, 3.63) is 46.3 Å². The van der Waals surface area contributed by atoms with Crippen LogP contribution in [0, 0.1) is 34.4 Å². The van der Waals surface area contributed by atoms with Crippen LogP contribution in [-0.2, 0) is 9.59 Å². The molecule has 3 unspecified atom stereocenters. The van der Waals surface area contributed by atoms with Crippen molar-refractivity contribution in [2.24, 2.45) is 11.0 Å². The highest BCUT2D eigenvalue weighted by Crippen LogP contribution is 2.32. The number of carbonyl (C=O) groups excluding carboxylic acids is 2. The number of nitrogens with one attached hydrogen (secondary N) is 2. The van der Waals surface area contributed by atoms with E-state index in [0.29, 0.717) is 18.7 Å². The quantitative estimate of drug-likeness (QED) is 0.500. The zero-order valence-corrected chi connectivity index (χ0v) is 19.2. The van der Waals surface area contributed by atoms with E-state index in [2.05, 4.69) is 28.7 Å². The zero-order valence-electron chi connectivity index (χ0n) is 19.2. The number of azo groups is 2. The monoisotopic (exact) mass is 467 g/mol. The van der Waals surface area contributed by atoms with Gasteiger partial charge < -0.3 is 15.7 Å². The Bertz CT molecular complexity index is 1120. The minimum absolute atomic E-state index is 0.0384. The first-order chi connectivity index (χ1) is 16.3. The number of aliphatic hydroxyl groups excluding tert-OH is 1. The van der Waals surface area contributed by atoms with Gasteiger partial charge in [0.2, 0.25) is 17.9 Å². The fraction of sp³-hybridized carbons (Fsp3) is 0.500. The highest BCUT2D eigenvalue weighted by Gasteiger charge is 2.45. The minimum atomic E-state index is -1.04. The van der Waals surface area contributed by atoms with E-state index in [0.717, 1.165) is 18.9 Å². The van der Waals surface area contributed by atoms with Gasteiger partial charge in [0.1, 0.15) is 5.82 Å². The van der Waals surface area contributed by atoms with Crippen LogP contribution in [0.25, 0.3) is 0 Å². The lowest BCUT2D eigenvalue weighted by Gasteiger charge is -2.36. The summed E-state index contributed by atoms with van der Waals surface area (Å²) in [6.45, 7) is 4.45. The average molecular weight is 468 g/mol. The van der Waals surface area contributed by atoms with E-state index >= 15 is 0 Å². The summed E-state index contributed by atoms with van der Waals surface area (Å²) >= 11 is 0. The van der Waals surface area contributed by atoms with Crippen molar-refractivity contribution in [1.82, 2.24) is 10.6 Å². The maximum atomic E-state index is 14.4. The van der Waals surface area contributed by atoms with Gasteiger partial charge in [0.15, 0.2) is 13.1 Å². The molecule has 2 aliphatic heterocycles. The molecule has 0 radical (unpaired) electrons. The van der Waals surface area contributed by atoms with Crippen molar-refractivity contribution in [1.29, 1.82) is 10.5 Å². The molecule has 0 aromatic heterocycles. The first kappa shape index (κ1) is 25.0. The second kappa shape index (κ2) is 11.0. The molecule has 2 aliphatic rings. The molecule has 3 rings (SSSR count). The van der Waals surface area contributed by atoms with Crippen LogP contribution in [0.1, 0.15) is 50.3 Å². The lowest BCUT2D eigenvalue weighted by Crippen LogP contribution is -2.56. The number of nitriles is 2. The normalized spacial score (nSPS) is 22.6. The molecule has 2 heterocycles. The molecule has 2 amide bonds. The number of unbranched alkanes of at least 4 members (excludes halogenated alkanes) is 1. The fourth-order valence-corrected chi connectivity index (χ4v) is 4.49. The number of hydrogen-bond acceptors (Lipinski definition) is 6. The number of nitrogens with zero attached hydrogens (tertiary/aromatic N) is 4. The van der Waals surface area contributed by atoms with Crippen molar-refractivity contribution in [2.45, 2.75) is 51.2 Å². The summed E-state index contributed by atoms with van der Waals surface area (Å²) in [5.74, 6) is -2.02. The maximum absolute atomic E-state index is 14.4. The van der Waals surface area contributed by atoms with Gasteiger partial charge in [-0.1, -0.05) is 25.0 Å². The summed E-state index contributed by atoms with van der Waals surface area (Å²) < 4.78 is 16.2. The Morgan fingerprint density at radius 3 is 2.82 bits per heavy atom. The summed E-state index contributed by atoms with van der Waals surface area (Å²) in [5, 5.41) is 38.3. The van der Waals surface area contributed by atoms with E-state index in [-0.39, 0.29) is 41.0 Å². The van der Waals surface area contributed by atoms with Crippen LogP contribution in [0.5, 0.6) is 0 Å². The largest absolute Gasteiger partial charge is 0.394 e. The molecule has 0 spiro atoms. The summed E-state index contributed by atoms with van der Waals surface area (Å²) in [5.41, 5.74) is 1.04. The summed E-state index contributed by atoms with van der Waals surface area (Å²) in [6, 6.07) is 5.81. The number of carbonyl (C=O) groups is 2. The maximum Gasteiger partial charge on any atom is 0.248 e. The standard InChI is InChI=1S/C24H27FN6O3/c1-3-4-7-31-12-20-23(19(11-27)30-31)14(2)17(24(34)29-20)9-22(33)28-21(13-32)16-6-5-15(10-26)8-18(16)25/h5-6,8,19-21,23,32H,3-4,7,9,12-13H2,1-2H3,(H-,28,29,33,34)/p+1/t19?,20?,21-,23?/m0/s1. The zero-order chi connectivity index (χ0) is 24.8. The summed E-state index contributed by atoms with van der Waals surface area (Å²) in [6.07, 6.45) is 1.63. The van der Waals surface area contributed by atoms with Gasteiger partial charge in [-0.25, -0.2) is 4.39 Å². The molecular weight excluding hydrogens is 439 g/mol. The van der Waals surface area contributed by atoms with Crippen LogP contribution in [0.4, 0.5) is 4.39 Å². The first-order valence-electron chi connectivity index (χ1n) is 11.3. The molecule has 3 N–H and O–H groups in total. The van der Waals surface area contributed by atoms with E-state index in [1.807, 2.05) is 10.8 Å². The first-order valence-corrected chi connectivity index (χ1v) is 11.3. The van der Waals surface area contributed by atoms with Gasteiger partial charge in [-0.3, -0.25) is 9.59 Å². The third-order valence-corrected chi connectivity index (χ3v) is 6.30. The van der Waals surface area contributed by atoms with Crippen LogP contribution < -0.4 is 10.6 Å². The highest BCUT2D eigenvalue weighted by atomic mass is 19.1. The van der Waals surface area contributed by atoms with Crippen LogP contribution in [-0.4, -0.2) is 53.4 Å². The molecule has 0 saturated carbocycles. The minimum Gasteiger partial charge on any atom is -0.394 e. The van der Waals surface area contributed by atoms with Gasteiger partial charge in [-0.05, 0) is 24.2 Å². The molecule has 4 atom stereocenters. The number of fused-ring (bicyclic) bond motifs is 1. The number of halogens is 1. The second-order valence-corrected chi connectivity index (χ2v) is 8.55. The number of rotatable bonds is 8. The van der Waals surface area contributed by atoms with Gasteiger partial charge in [0.05, 0.1) is 42.8 Å². The van der Waals surface area contributed by atoms with Gasteiger partial charge in [-0.2, -0.15) is 10.5 Å². The molecule has 9 nitrogen and oxygen atoms in total. The Hall–Kier alpha value is -3.63. The van der Waals surface area contributed by atoms with Crippen LogP contribution in [0.2, 0.25) is 0 Å². The molecule has 34 heavy (non-hydrogen) atoms. The molecule has 178 valence electrons. The second-order valence-electron chi connectivity index (χ2n) is 8.55. The van der Waals surface area contributed by atoms with Crippen molar-refractivity contribution >= 4 is 11.8 Å². The average Bonchev–Trinajstić information content (AvgIpc) is 2.83.